The van der Waals surface area contributed by atoms with Crippen LogP contribution in [0.2, 0.25) is 0 Å². The minimum absolute atomic E-state index is 0.00532. The van der Waals surface area contributed by atoms with Crippen LogP contribution in [0.15, 0.2) is 4.90 Å². The number of carbonyl (C=O) groups is 1. The molecule has 1 saturated heterocycles. The van der Waals surface area contributed by atoms with Gasteiger partial charge in [-0.15, -0.1) is 23.1 Å². The lowest BCUT2D eigenvalue weighted by atomic mass is 10.3. The Balaban J connectivity index is 1.86. The second kappa shape index (κ2) is 6.71. The van der Waals surface area contributed by atoms with E-state index in [-0.39, 0.29) is 5.91 Å². The molecule has 1 amide bonds. The molecular weight excluding hydrogens is 322 g/mol. The van der Waals surface area contributed by atoms with Crippen molar-refractivity contribution in [3.63, 3.8) is 0 Å². The quantitative estimate of drug-likeness (QED) is 0.823. The van der Waals surface area contributed by atoms with Crippen LogP contribution in [0.25, 0.3) is 0 Å². The van der Waals surface area contributed by atoms with Gasteiger partial charge in [0, 0.05) is 24.9 Å². The zero-order valence-electron chi connectivity index (χ0n) is 12.2. The molecule has 2 aliphatic rings. The van der Waals surface area contributed by atoms with Gasteiger partial charge in [0.05, 0.1) is 10.6 Å². The maximum absolute atomic E-state index is 12.3. The number of nitrogens with one attached hydrogen (secondary N) is 1. The van der Waals surface area contributed by atoms with E-state index in [1.54, 1.807) is 23.1 Å². The normalized spacial score (nSPS) is 19.4. The first-order valence-electron chi connectivity index (χ1n) is 7.30. The molecule has 3 N–H and O–H groups in total. The van der Waals surface area contributed by atoms with Crippen molar-refractivity contribution in [1.29, 1.82) is 0 Å². The van der Waals surface area contributed by atoms with Crippen LogP contribution in [-0.4, -0.2) is 42.8 Å². The summed E-state index contributed by atoms with van der Waals surface area (Å²) in [6, 6.07) is 0.370. The minimum atomic E-state index is 0.00532. The van der Waals surface area contributed by atoms with Gasteiger partial charge < -0.3 is 16.0 Å². The molecule has 1 aliphatic heterocycles. The third-order valence-corrected chi connectivity index (χ3v) is 6.98. The highest BCUT2D eigenvalue weighted by Crippen LogP contribution is 2.44. The molecule has 2 heterocycles. The van der Waals surface area contributed by atoms with Crippen LogP contribution in [0, 0.1) is 0 Å². The Kier molecular flexibility index (Phi) is 4.91. The number of nitrogens with zero attached hydrogens (tertiary/aromatic N) is 1. The Bertz CT molecular complexity index is 520. The van der Waals surface area contributed by atoms with E-state index in [9.17, 15) is 4.79 Å². The van der Waals surface area contributed by atoms with Crippen molar-refractivity contribution in [3.8, 4) is 0 Å². The molecule has 1 aliphatic carbocycles. The number of thioether (sulfide) groups is 2. The number of nitrogen functional groups attached to an aromatic ring is 1. The summed E-state index contributed by atoms with van der Waals surface area (Å²) in [6.45, 7) is 2.10. The van der Waals surface area contributed by atoms with Gasteiger partial charge in [-0.05, 0) is 31.3 Å². The van der Waals surface area contributed by atoms with E-state index in [1.165, 1.54) is 17.2 Å². The fourth-order valence-electron chi connectivity index (χ4n) is 2.42. The third-order valence-electron chi connectivity index (χ3n) is 3.71. The predicted octanol–water partition coefficient (Wildman–Crippen LogP) is 2.89. The SMILES string of the molecule is CSc1c(N2CCCSCC2)sc(C(=O)NC2CC2)c1N. The molecule has 0 unspecified atom stereocenters. The Morgan fingerprint density at radius 2 is 2.19 bits per heavy atom. The van der Waals surface area contributed by atoms with E-state index in [0.29, 0.717) is 16.6 Å². The van der Waals surface area contributed by atoms with Crippen molar-refractivity contribution in [3.05, 3.63) is 4.88 Å². The van der Waals surface area contributed by atoms with Gasteiger partial charge in [-0.25, -0.2) is 0 Å². The molecule has 2 fully saturated rings. The predicted molar refractivity (Wildman–Crippen MR) is 95.2 cm³/mol. The van der Waals surface area contributed by atoms with E-state index in [1.807, 2.05) is 18.0 Å². The van der Waals surface area contributed by atoms with Crippen molar-refractivity contribution in [2.45, 2.75) is 30.2 Å². The van der Waals surface area contributed by atoms with Crippen LogP contribution in [0.5, 0.6) is 0 Å². The van der Waals surface area contributed by atoms with Gasteiger partial charge in [-0.1, -0.05) is 0 Å². The summed E-state index contributed by atoms with van der Waals surface area (Å²) in [4.78, 5) is 16.5. The summed E-state index contributed by atoms with van der Waals surface area (Å²) in [5.74, 6) is 2.38. The average molecular weight is 344 g/mol. The highest BCUT2D eigenvalue weighted by Gasteiger charge is 2.28. The van der Waals surface area contributed by atoms with E-state index in [2.05, 4.69) is 10.2 Å². The molecular formula is C14H21N3OS3. The Labute approximate surface area is 138 Å². The fraction of sp³-hybridized carbons (Fsp3) is 0.643. The molecule has 1 aromatic rings. The Morgan fingerprint density at radius 1 is 1.38 bits per heavy atom. The summed E-state index contributed by atoms with van der Waals surface area (Å²) in [6.07, 6.45) is 5.43. The highest BCUT2D eigenvalue weighted by atomic mass is 32.2. The number of anilines is 2. The van der Waals surface area contributed by atoms with Crippen molar-refractivity contribution in [2.24, 2.45) is 0 Å². The molecule has 0 aromatic carbocycles. The number of hydrogen-bond donors (Lipinski definition) is 2. The van der Waals surface area contributed by atoms with Crippen molar-refractivity contribution >= 4 is 51.5 Å². The van der Waals surface area contributed by atoms with Crippen LogP contribution in [0.1, 0.15) is 28.9 Å². The highest BCUT2D eigenvalue weighted by molar-refractivity contribution is 7.99. The molecule has 21 heavy (non-hydrogen) atoms. The van der Waals surface area contributed by atoms with E-state index in [0.717, 1.165) is 36.6 Å². The van der Waals surface area contributed by atoms with Crippen LogP contribution < -0.4 is 16.0 Å². The lowest BCUT2D eigenvalue weighted by Gasteiger charge is -2.21. The monoisotopic (exact) mass is 343 g/mol. The molecule has 3 rings (SSSR count). The molecule has 0 radical (unpaired) electrons. The summed E-state index contributed by atoms with van der Waals surface area (Å²) in [5.41, 5.74) is 6.92. The largest absolute Gasteiger partial charge is 0.396 e. The van der Waals surface area contributed by atoms with Crippen LogP contribution in [0.4, 0.5) is 10.7 Å². The maximum atomic E-state index is 12.3. The van der Waals surface area contributed by atoms with Gasteiger partial charge >= 0.3 is 0 Å². The number of carbonyl (C=O) groups excluding carboxylic acids is 1. The Morgan fingerprint density at radius 3 is 2.90 bits per heavy atom. The second-order valence-corrected chi connectivity index (χ2v) is 8.42. The van der Waals surface area contributed by atoms with Crippen molar-refractivity contribution in [2.75, 3.05) is 41.5 Å². The first-order chi connectivity index (χ1) is 10.2. The third kappa shape index (κ3) is 3.46. The van der Waals surface area contributed by atoms with Gasteiger partial charge in [0.15, 0.2) is 0 Å². The van der Waals surface area contributed by atoms with E-state index < -0.39 is 0 Å². The first-order valence-corrected chi connectivity index (χ1v) is 10.5. The zero-order chi connectivity index (χ0) is 14.8. The maximum Gasteiger partial charge on any atom is 0.263 e. The van der Waals surface area contributed by atoms with E-state index >= 15 is 0 Å². The number of amides is 1. The average Bonchev–Trinajstić information content (AvgIpc) is 3.25. The smallest absolute Gasteiger partial charge is 0.263 e. The summed E-state index contributed by atoms with van der Waals surface area (Å²) in [5, 5.41) is 4.23. The minimum Gasteiger partial charge on any atom is -0.396 e. The fourth-order valence-corrected chi connectivity index (χ4v) is 5.44. The molecule has 0 atom stereocenters. The van der Waals surface area contributed by atoms with Crippen LogP contribution in [-0.2, 0) is 0 Å². The lowest BCUT2D eigenvalue weighted by Crippen LogP contribution is -2.25. The Hall–Kier alpha value is -0.530. The molecule has 7 heteroatoms. The van der Waals surface area contributed by atoms with Gasteiger partial charge in [0.2, 0.25) is 0 Å². The lowest BCUT2D eigenvalue weighted by molar-refractivity contribution is 0.0956. The molecule has 4 nitrogen and oxygen atoms in total. The van der Waals surface area contributed by atoms with Crippen LogP contribution >= 0.6 is 34.9 Å². The number of hydrogen-bond acceptors (Lipinski definition) is 6. The van der Waals surface area contributed by atoms with Gasteiger partial charge in [-0.2, -0.15) is 11.8 Å². The standard InChI is InChI=1S/C14H21N3OS3/c1-19-12-10(15)11(13(18)16-9-3-4-9)21-14(12)17-5-2-7-20-8-6-17/h9H,2-8,15H2,1H3,(H,16,18). The van der Waals surface area contributed by atoms with Gasteiger partial charge in [0.1, 0.15) is 9.88 Å². The summed E-state index contributed by atoms with van der Waals surface area (Å²) >= 11 is 5.22. The molecule has 1 aromatic heterocycles. The number of nitrogens with two attached hydrogens (primary N) is 1. The molecule has 116 valence electrons. The first kappa shape index (κ1) is 15.4. The zero-order valence-corrected chi connectivity index (χ0v) is 14.6. The van der Waals surface area contributed by atoms with E-state index in [4.69, 9.17) is 5.73 Å². The molecule has 0 spiro atoms. The molecule has 1 saturated carbocycles. The van der Waals surface area contributed by atoms with Crippen molar-refractivity contribution < 1.29 is 4.79 Å². The van der Waals surface area contributed by atoms with Gasteiger partial charge in [0.25, 0.3) is 5.91 Å². The molecule has 0 bridgehead atoms. The number of rotatable bonds is 4. The second-order valence-electron chi connectivity index (χ2n) is 5.38. The summed E-state index contributed by atoms with van der Waals surface area (Å²) < 4.78 is 0. The van der Waals surface area contributed by atoms with Crippen molar-refractivity contribution in [1.82, 2.24) is 5.32 Å². The van der Waals surface area contributed by atoms with Gasteiger partial charge in [-0.3, -0.25) is 4.79 Å². The number of thiophene rings is 1. The summed E-state index contributed by atoms with van der Waals surface area (Å²) in [7, 11) is 0. The van der Waals surface area contributed by atoms with Crippen LogP contribution in [0.3, 0.4) is 0 Å². The topological polar surface area (TPSA) is 58.4 Å².